The minimum atomic E-state index is -0.513. The number of amides is 1. The summed E-state index contributed by atoms with van der Waals surface area (Å²) in [6.45, 7) is 3.94. The monoisotopic (exact) mass is 404 g/mol. The second kappa shape index (κ2) is 7.82. The standard InChI is InChI=1S/C23H28N6O/c1-15-7-6-8-17(13-15)20(30)26-19-14-18(10-9-16(19)2)29-22(25)27-21(24)28-23(29)11-4-3-5-12-23/h6-10,13-14H,3-5,11-12H2,1-2H3,(H,26,30)(H4,24,25,27,28). The molecule has 0 atom stereocenters. The molecule has 1 spiro atoms. The molecule has 30 heavy (non-hydrogen) atoms. The van der Waals surface area contributed by atoms with Gasteiger partial charge in [0.05, 0.1) is 0 Å². The van der Waals surface area contributed by atoms with Gasteiger partial charge in [0.25, 0.3) is 5.91 Å². The van der Waals surface area contributed by atoms with Gasteiger partial charge in [-0.3, -0.25) is 9.69 Å². The van der Waals surface area contributed by atoms with E-state index in [0.717, 1.165) is 48.2 Å². The van der Waals surface area contributed by atoms with Gasteiger partial charge < -0.3 is 16.8 Å². The number of hydrogen-bond acceptors (Lipinski definition) is 6. The molecule has 7 heteroatoms. The van der Waals surface area contributed by atoms with E-state index in [1.807, 2.05) is 61.2 Å². The summed E-state index contributed by atoms with van der Waals surface area (Å²) >= 11 is 0. The van der Waals surface area contributed by atoms with Gasteiger partial charge in [-0.05, 0) is 69.4 Å². The molecule has 7 nitrogen and oxygen atoms in total. The molecule has 1 aliphatic heterocycles. The number of carbonyl (C=O) groups is 1. The molecule has 0 bridgehead atoms. The Bertz CT molecular complexity index is 1040. The van der Waals surface area contributed by atoms with Crippen molar-refractivity contribution in [2.45, 2.75) is 51.6 Å². The molecule has 156 valence electrons. The minimum Gasteiger partial charge on any atom is -0.369 e. The fourth-order valence-corrected chi connectivity index (χ4v) is 4.36. The molecule has 1 fully saturated rings. The summed E-state index contributed by atoms with van der Waals surface area (Å²) in [6.07, 6.45) is 5.02. The Balaban J connectivity index is 1.68. The second-order valence-corrected chi connectivity index (χ2v) is 8.14. The van der Waals surface area contributed by atoms with E-state index in [2.05, 4.69) is 10.3 Å². The maximum Gasteiger partial charge on any atom is 0.255 e. The lowest BCUT2D eigenvalue weighted by atomic mass is 9.87. The number of hydrogen-bond donors (Lipinski definition) is 3. The van der Waals surface area contributed by atoms with Gasteiger partial charge in [0.15, 0.2) is 0 Å². The van der Waals surface area contributed by atoms with Gasteiger partial charge in [0.2, 0.25) is 11.9 Å². The Morgan fingerprint density at radius 3 is 2.57 bits per heavy atom. The van der Waals surface area contributed by atoms with Gasteiger partial charge in [0, 0.05) is 16.9 Å². The average molecular weight is 405 g/mol. The summed E-state index contributed by atoms with van der Waals surface area (Å²) in [5, 5.41) is 3.04. The van der Waals surface area contributed by atoms with E-state index in [1.165, 1.54) is 6.42 Å². The van der Waals surface area contributed by atoms with Gasteiger partial charge in [-0.15, -0.1) is 0 Å². The van der Waals surface area contributed by atoms with Crippen LogP contribution >= 0.6 is 0 Å². The van der Waals surface area contributed by atoms with E-state index >= 15 is 0 Å². The van der Waals surface area contributed by atoms with Crippen LogP contribution in [0.1, 0.15) is 53.6 Å². The molecule has 0 radical (unpaired) electrons. The second-order valence-electron chi connectivity index (χ2n) is 8.14. The summed E-state index contributed by atoms with van der Waals surface area (Å²) in [5.41, 5.74) is 16.0. The first-order valence-corrected chi connectivity index (χ1v) is 10.4. The van der Waals surface area contributed by atoms with Crippen LogP contribution in [0.3, 0.4) is 0 Å². The highest BCUT2D eigenvalue weighted by atomic mass is 16.1. The van der Waals surface area contributed by atoms with Gasteiger partial charge in [0.1, 0.15) is 5.66 Å². The predicted octanol–water partition coefficient (Wildman–Crippen LogP) is 3.67. The fourth-order valence-electron chi connectivity index (χ4n) is 4.36. The number of aliphatic imine (C=N–C) groups is 2. The largest absolute Gasteiger partial charge is 0.369 e. The predicted molar refractivity (Wildman–Crippen MR) is 122 cm³/mol. The van der Waals surface area contributed by atoms with Crippen LogP contribution in [0.2, 0.25) is 0 Å². The molecule has 2 aromatic rings. The lowest BCUT2D eigenvalue weighted by Crippen LogP contribution is -2.58. The Hall–Kier alpha value is -3.35. The van der Waals surface area contributed by atoms with E-state index in [9.17, 15) is 4.79 Å². The number of nitrogens with one attached hydrogen (secondary N) is 1. The zero-order valence-corrected chi connectivity index (χ0v) is 17.5. The molecule has 0 saturated heterocycles. The summed E-state index contributed by atoms with van der Waals surface area (Å²) < 4.78 is 0. The van der Waals surface area contributed by atoms with E-state index in [0.29, 0.717) is 11.5 Å². The number of guanidine groups is 2. The summed E-state index contributed by atoms with van der Waals surface area (Å²) in [7, 11) is 0. The van der Waals surface area contributed by atoms with Crippen molar-refractivity contribution in [2.24, 2.45) is 21.5 Å². The SMILES string of the molecule is Cc1cccc(C(=O)Nc2cc(N3C(N)=NC(N)=NC34CCCCC4)ccc2C)c1. The van der Waals surface area contributed by atoms with Crippen LogP contribution in [0.4, 0.5) is 11.4 Å². The number of carbonyl (C=O) groups excluding carboxylic acids is 1. The molecule has 0 unspecified atom stereocenters. The smallest absolute Gasteiger partial charge is 0.255 e. The Morgan fingerprint density at radius 1 is 1.07 bits per heavy atom. The molecule has 1 aliphatic carbocycles. The van der Waals surface area contributed by atoms with Crippen LogP contribution in [-0.2, 0) is 0 Å². The van der Waals surface area contributed by atoms with Crippen LogP contribution in [-0.4, -0.2) is 23.5 Å². The van der Waals surface area contributed by atoms with E-state index in [-0.39, 0.29) is 11.9 Å². The van der Waals surface area contributed by atoms with Gasteiger partial charge >= 0.3 is 0 Å². The van der Waals surface area contributed by atoms with Crippen molar-refractivity contribution in [2.75, 3.05) is 10.2 Å². The van der Waals surface area contributed by atoms with E-state index in [1.54, 1.807) is 0 Å². The highest BCUT2D eigenvalue weighted by Gasteiger charge is 2.42. The molecule has 2 aliphatic rings. The summed E-state index contributed by atoms with van der Waals surface area (Å²) in [6, 6.07) is 13.5. The Morgan fingerprint density at radius 2 is 1.83 bits per heavy atom. The molecule has 2 aromatic carbocycles. The van der Waals surface area contributed by atoms with Crippen molar-refractivity contribution >= 4 is 29.2 Å². The highest BCUT2D eigenvalue weighted by molar-refractivity contribution is 6.07. The molecule has 5 N–H and O–H groups in total. The molecule has 4 rings (SSSR count). The third-order valence-corrected chi connectivity index (χ3v) is 5.86. The Kier molecular flexibility index (Phi) is 5.20. The van der Waals surface area contributed by atoms with Crippen molar-refractivity contribution < 1.29 is 4.79 Å². The van der Waals surface area contributed by atoms with Gasteiger partial charge in [-0.1, -0.05) is 30.2 Å². The van der Waals surface area contributed by atoms with Crippen LogP contribution < -0.4 is 21.7 Å². The molecule has 0 aromatic heterocycles. The first-order valence-electron chi connectivity index (χ1n) is 10.4. The highest BCUT2D eigenvalue weighted by Crippen LogP contribution is 2.40. The minimum absolute atomic E-state index is 0.145. The zero-order chi connectivity index (χ0) is 21.3. The van der Waals surface area contributed by atoms with E-state index < -0.39 is 5.66 Å². The van der Waals surface area contributed by atoms with Crippen LogP contribution in [0, 0.1) is 13.8 Å². The average Bonchev–Trinajstić information content (AvgIpc) is 2.70. The quantitative estimate of drug-likeness (QED) is 0.725. The van der Waals surface area contributed by atoms with Crippen molar-refractivity contribution in [1.82, 2.24) is 0 Å². The third-order valence-electron chi connectivity index (χ3n) is 5.86. The summed E-state index contributed by atoms with van der Waals surface area (Å²) in [4.78, 5) is 23.7. The number of anilines is 2. The first-order chi connectivity index (χ1) is 14.4. The number of nitrogens with zero attached hydrogens (tertiary/aromatic N) is 3. The van der Waals surface area contributed by atoms with E-state index in [4.69, 9.17) is 16.5 Å². The molecular formula is C23H28N6O. The molecule has 1 amide bonds. The van der Waals surface area contributed by atoms with Crippen molar-refractivity contribution in [3.63, 3.8) is 0 Å². The first kappa shape index (κ1) is 19.9. The topological polar surface area (TPSA) is 109 Å². The Labute approximate surface area is 176 Å². The normalized spacial score (nSPS) is 18.0. The van der Waals surface area contributed by atoms with Crippen LogP contribution in [0.5, 0.6) is 0 Å². The van der Waals surface area contributed by atoms with Gasteiger partial charge in [-0.25, -0.2) is 4.99 Å². The number of aryl methyl sites for hydroxylation is 2. The lowest BCUT2D eigenvalue weighted by Gasteiger charge is -2.45. The zero-order valence-electron chi connectivity index (χ0n) is 17.5. The lowest BCUT2D eigenvalue weighted by molar-refractivity contribution is 0.102. The molecule has 1 saturated carbocycles. The number of benzene rings is 2. The maximum atomic E-state index is 12.8. The van der Waals surface area contributed by atoms with Crippen LogP contribution in [0.15, 0.2) is 52.4 Å². The van der Waals surface area contributed by atoms with Crippen molar-refractivity contribution in [3.05, 3.63) is 59.2 Å². The third kappa shape index (κ3) is 3.75. The molecule has 1 heterocycles. The van der Waals surface area contributed by atoms with Crippen LogP contribution in [0.25, 0.3) is 0 Å². The maximum absolute atomic E-state index is 12.8. The fraction of sp³-hybridized carbons (Fsp3) is 0.348. The number of rotatable bonds is 3. The van der Waals surface area contributed by atoms with Gasteiger partial charge in [-0.2, -0.15) is 4.99 Å². The summed E-state index contributed by atoms with van der Waals surface area (Å²) in [5.74, 6) is 0.420. The number of nitrogens with two attached hydrogens (primary N) is 2. The molecular weight excluding hydrogens is 376 g/mol. The van der Waals surface area contributed by atoms with Crippen molar-refractivity contribution in [1.29, 1.82) is 0 Å². The van der Waals surface area contributed by atoms with Crippen molar-refractivity contribution in [3.8, 4) is 0 Å².